The lowest BCUT2D eigenvalue weighted by Crippen LogP contribution is -2.13. The second kappa shape index (κ2) is 11.4. The van der Waals surface area contributed by atoms with Crippen LogP contribution in [0.2, 0.25) is 0 Å². The molecule has 0 amide bonds. The van der Waals surface area contributed by atoms with Crippen molar-refractivity contribution in [3.8, 4) is 28.5 Å². The van der Waals surface area contributed by atoms with E-state index in [2.05, 4.69) is 49.4 Å². The monoisotopic (exact) mass is 482 g/mol. The summed E-state index contributed by atoms with van der Waals surface area (Å²) < 4.78 is 0. The number of rotatable bonds is 8. The maximum Gasteiger partial charge on any atom is 0.115 e. The highest BCUT2D eigenvalue weighted by atomic mass is 32.2. The van der Waals surface area contributed by atoms with Gasteiger partial charge < -0.3 is 5.11 Å². The van der Waals surface area contributed by atoms with Gasteiger partial charge in [0.1, 0.15) is 11.1 Å². The molecule has 3 aromatic carbocycles. The van der Waals surface area contributed by atoms with Gasteiger partial charge in [-0.15, -0.1) is 23.5 Å². The van der Waals surface area contributed by atoms with Crippen LogP contribution in [0.25, 0.3) is 22.4 Å². The highest BCUT2D eigenvalue weighted by Crippen LogP contribution is 2.35. The van der Waals surface area contributed by atoms with Crippen LogP contribution < -0.4 is 0 Å². The van der Waals surface area contributed by atoms with Gasteiger partial charge in [0, 0.05) is 27.5 Å². The molecule has 0 saturated heterocycles. The molecule has 0 fully saturated rings. The molecule has 1 heterocycles. The number of hydrogen-bond donors (Lipinski definition) is 1. The SMILES string of the molecule is Cc1ccc(SCC(O)CSc2nc(-c3ccccc3)cc(-c3ccc(C)cc3)c2C#N)cc1. The molecule has 0 aliphatic heterocycles. The molecule has 34 heavy (non-hydrogen) atoms. The van der Waals surface area contributed by atoms with E-state index in [1.165, 1.54) is 22.9 Å². The van der Waals surface area contributed by atoms with E-state index in [1.54, 1.807) is 11.8 Å². The Balaban J connectivity index is 1.60. The number of pyridine rings is 1. The average Bonchev–Trinajstić information content (AvgIpc) is 2.87. The molecule has 0 saturated carbocycles. The van der Waals surface area contributed by atoms with E-state index in [0.717, 1.165) is 27.3 Å². The maximum absolute atomic E-state index is 10.6. The van der Waals surface area contributed by atoms with Gasteiger partial charge in [0.25, 0.3) is 0 Å². The first-order valence-corrected chi connectivity index (χ1v) is 13.1. The molecule has 3 nitrogen and oxygen atoms in total. The number of aryl methyl sites for hydroxylation is 2. The molecule has 170 valence electrons. The largest absolute Gasteiger partial charge is 0.391 e. The minimum Gasteiger partial charge on any atom is -0.391 e. The molecule has 1 atom stereocenters. The lowest BCUT2D eigenvalue weighted by molar-refractivity contribution is 0.225. The third kappa shape index (κ3) is 6.09. The van der Waals surface area contributed by atoms with Crippen LogP contribution in [0.5, 0.6) is 0 Å². The number of nitrogens with zero attached hydrogens (tertiary/aromatic N) is 2. The Morgan fingerprint density at radius 1 is 0.824 bits per heavy atom. The van der Waals surface area contributed by atoms with Gasteiger partial charge in [-0.1, -0.05) is 77.9 Å². The maximum atomic E-state index is 10.6. The van der Waals surface area contributed by atoms with E-state index >= 15 is 0 Å². The van der Waals surface area contributed by atoms with E-state index in [-0.39, 0.29) is 0 Å². The van der Waals surface area contributed by atoms with Gasteiger partial charge in [0.15, 0.2) is 0 Å². The summed E-state index contributed by atoms with van der Waals surface area (Å²) in [5.74, 6) is 1.05. The van der Waals surface area contributed by atoms with Crippen LogP contribution in [0, 0.1) is 25.2 Å². The molecule has 0 aliphatic rings. The van der Waals surface area contributed by atoms with E-state index in [9.17, 15) is 10.4 Å². The summed E-state index contributed by atoms with van der Waals surface area (Å²) >= 11 is 3.08. The number of hydrogen-bond acceptors (Lipinski definition) is 5. The smallest absolute Gasteiger partial charge is 0.115 e. The van der Waals surface area contributed by atoms with Gasteiger partial charge >= 0.3 is 0 Å². The summed E-state index contributed by atoms with van der Waals surface area (Å²) in [7, 11) is 0. The molecule has 1 N–H and O–H groups in total. The lowest BCUT2D eigenvalue weighted by atomic mass is 9.98. The van der Waals surface area contributed by atoms with Crippen molar-refractivity contribution in [2.45, 2.75) is 29.9 Å². The second-order valence-corrected chi connectivity index (χ2v) is 10.3. The first-order chi connectivity index (χ1) is 16.5. The van der Waals surface area contributed by atoms with Gasteiger partial charge in [-0.3, -0.25) is 0 Å². The topological polar surface area (TPSA) is 56.9 Å². The molecule has 0 bridgehead atoms. The van der Waals surface area contributed by atoms with Crippen molar-refractivity contribution in [1.82, 2.24) is 4.98 Å². The minimum atomic E-state index is -0.521. The summed E-state index contributed by atoms with van der Waals surface area (Å²) in [4.78, 5) is 5.98. The summed E-state index contributed by atoms with van der Waals surface area (Å²) in [5, 5.41) is 21.3. The van der Waals surface area contributed by atoms with Gasteiger partial charge in [-0.25, -0.2) is 4.98 Å². The van der Waals surface area contributed by atoms with Crippen LogP contribution in [-0.2, 0) is 0 Å². The Kier molecular flexibility index (Phi) is 8.08. The highest BCUT2D eigenvalue weighted by molar-refractivity contribution is 8.00. The Hall–Kier alpha value is -3.04. The predicted molar refractivity (Wildman–Crippen MR) is 143 cm³/mol. The number of aliphatic hydroxyl groups is 1. The second-order valence-electron chi connectivity index (χ2n) is 8.17. The first kappa shape index (κ1) is 24.1. The first-order valence-electron chi connectivity index (χ1n) is 11.1. The summed E-state index contributed by atoms with van der Waals surface area (Å²) in [6, 6.07) is 30.9. The molecular weight excluding hydrogens is 456 g/mol. The Labute approximate surface area is 209 Å². The zero-order chi connectivity index (χ0) is 23.9. The average molecular weight is 483 g/mol. The van der Waals surface area contributed by atoms with Gasteiger partial charge in [-0.05, 0) is 37.6 Å². The summed E-state index contributed by atoms with van der Waals surface area (Å²) in [5.41, 5.74) is 6.61. The van der Waals surface area contributed by atoms with Crippen LogP contribution in [0.1, 0.15) is 16.7 Å². The number of benzene rings is 3. The number of aliphatic hydroxyl groups excluding tert-OH is 1. The van der Waals surface area contributed by atoms with Crippen LogP contribution in [0.4, 0.5) is 0 Å². The molecule has 5 heteroatoms. The third-order valence-electron chi connectivity index (χ3n) is 5.41. The molecule has 1 aromatic heterocycles. The fourth-order valence-corrected chi connectivity index (χ4v) is 5.41. The summed E-state index contributed by atoms with van der Waals surface area (Å²) in [6.07, 6.45) is -0.521. The van der Waals surface area contributed by atoms with Crippen LogP contribution in [0.3, 0.4) is 0 Å². The zero-order valence-corrected chi connectivity index (χ0v) is 20.9. The number of thioether (sulfide) groups is 2. The van der Waals surface area contributed by atoms with Gasteiger partial charge in [-0.2, -0.15) is 5.26 Å². The van der Waals surface area contributed by atoms with Crippen molar-refractivity contribution >= 4 is 23.5 Å². The number of aromatic nitrogens is 1. The quantitative estimate of drug-likeness (QED) is 0.270. The minimum absolute atomic E-state index is 0.464. The summed E-state index contributed by atoms with van der Waals surface area (Å²) in [6.45, 7) is 4.11. The van der Waals surface area contributed by atoms with Crippen LogP contribution in [-0.4, -0.2) is 27.7 Å². The van der Waals surface area contributed by atoms with Gasteiger partial charge in [0.2, 0.25) is 0 Å². The molecule has 0 spiro atoms. The van der Waals surface area contributed by atoms with E-state index in [1.807, 2.05) is 55.5 Å². The van der Waals surface area contributed by atoms with E-state index in [0.29, 0.717) is 22.1 Å². The van der Waals surface area contributed by atoms with Crippen molar-refractivity contribution in [2.75, 3.05) is 11.5 Å². The fraction of sp³-hybridized carbons (Fsp3) is 0.172. The van der Waals surface area contributed by atoms with E-state index in [4.69, 9.17) is 4.98 Å². The lowest BCUT2D eigenvalue weighted by Gasteiger charge is -2.14. The van der Waals surface area contributed by atoms with Crippen molar-refractivity contribution in [3.05, 3.63) is 102 Å². The van der Waals surface area contributed by atoms with Crippen molar-refractivity contribution < 1.29 is 5.11 Å². The molecule has 4 rings (SSSR count). The number of nitriles is 1. The van der Waals surface area contributed by atoms with Crippen molar-refractivity contribution in [3.63, 3.8) is 0 Å². The third-order valence-corrected chi connectivity index (χ3v) is 7.68. The molecular formula is C29H26N2OS2. The molecule has 0 aliphatic carbocycles. The Morgan fingerprint density at radius 2 is 1.44 bits per heavy atom. The molecule has 4 aromatic rings. The standard InChI is InChI=1S/C29H26N2OS2/c1-20-8-12-22(13-9-20)26-16-28(23-6-4-3-5-7-23)31-29(27(26)17-30)34-19-24(32)18-33-25-14-10-21(2)11-15-25/h3-16,24,32H,18-19H2,1-2H3. The highest BCUT2D eigenvalue weighted by Gasteiger charge is 2.17. The van der Waals surface area contributed by atoms with Crippen molar-refractivity contribution in [2.24, 2.45) is 0 Å². The van der Waals surface area contributed by atoms with Crippen molar-refractivity contribution in [1.29, 1.82) is 5.26 Å². The Morgan fingerprint density at radius 3 is 2.09 bits per heavy atom. The van der Waals surface area contributed by atoms with Crippen LogP contribution in [0.15, 0.2) is 94.9 Å². The van der Waals surface area contributed by atoms with Gasteiger partial charge in [0.05, 0.1) is 17.4 Å². The fourth-order valence-electron chi connectivity index (χ4n) is 3.50. The Bertz CT molecular complexity index is 1280. The normalized spacial score (nSPS) is 11.7. The molecule has 0 radical (unpaired) electrons. The molecule has 1 unspecified atom stereocenters. The van der Waals surface area contributed by atoms with Crippen LogP contribution >= 0.6 is 23.5 Å². The predicted octanol–water partition coefficient (Wildman–Crippen LogP) is 7.15. The van der Waals surface area contributed by atoms with E-state index < -0.39 is 6.10 Å². The zero-order valence-electron chi connectivity index (χ0n) is 19.2.